The third-order valence-corrected chi connectivity index (χ3v) is 6.34. The second-order valence-corrected chi connectivity index (χ2v) is 8.56. The number of benzene rings is 3. The second kappa shape index (κ2) is 10.5. The van der Waals surface area contributed by atoms with E-state index in [1.807, 2.05) is 90.7 Å². The highest BCUT2D eigenvalue weighted by molar-refractivity contribution is 5.87. The molecule has 0 radical (unpaired) electrons. The van der Waals surface area contributed by atoms with E-state index in [9.17, 15) is 9.59 Å². The first-order valence-corrected chi connectivity index (χ1v) is 11.9. The smallest absolute Gasteiger partial charge is 0.261 e. The molecule has 0 aliphatic carbocycles. The minimum absolute atomic E-state index is 0.0218. The molecule has 1 atom stereocenters. The summed E-state index contributed by atoms with van der Waals surface area (Å²) in [6.07, 6.45) is 1.46. The molecule has 1 unspecified atom stereocenters. The highest BCUT2D eigenvalue weighted by Crippen LogP contribution is 2.32. The van der Waals surface area contributed by atoms with E-state index in [2.05, 4.69) is 6.92 Å². The summed E-state index contributed by atoms with van der Waals surface area (Å²) >= 11 is 0. The van der Waals surface area contributed by atoms with E-state index < -0.39 is 5.92 Å². The molecule has 1 heterocycles. The normalized spacial score (nSPS) is 12.1. The number of carbonyl (C=O) groups excluding carboxylic acids is 1. The molecule has 4 rings (SSSR count). The SMILES string of the molecule is CCCN(C(=O)C(c1ccccc1)c1ccccc1)C(CC)c1nc2ccccc2c(=O)n1C. The van der Waals surface area contributed by atoms with E-state index in [0.717, 1.165) is 17.5 Å². The van der Waals surface area contributed by atoms with E-state index in [1.165, 1.54) is 0 Å². The van der Waals surface area contributed by atoms with Gasteiger partial charge in [0.05, 0.1) is 22.9 Å². The molecule has 0 fully saturated rings. The number of fused-ring (bicyclic) bond motifs is 1. The van der Waals surface area contributed by atoms with Crippen molar-refractivity contribution in [3.63, 3.8) is 0 Å². The molecule has 0 aliphatic rings. The Morgan fingerprint density at radius 1 is 0.882 bits per heavy atom. The van der Waals surface area contributed by atoms with E-state index >= 15 is 0 Å². The van der Waals surface area contributed by atoms with Crippen molar-refractivity contribution in [2.45, 2.75) is 38.6 Å². The first kappa shape index (κ1) is 23.4. The van der Waals surface area contributed by atoms with E-state index in [4.69, 9.17) is 4.98 Å². The lowest BCUT2D eigenvalue weighted by Gasteiger charge is -2.34. The van der Waals surface area contributed by atoms with Crippen LogP contribution in [-0.2, 0) is 11.8 Å². The average Bonchev–Trinajstić information content (AvgIpc) is 2.88. The Morgan fingerprint density at radius 3 is 2.00 bits per heavy atom. The van der Waals surface area contributed by atoms with Gasteiger partial charge in [-0.15, -0.1) is 0 Å². The van der Waals surface area contributed by atoms with Gasteiger partial charge in [-0.3, -0.25) is 14.2 Å². The second-order valence-electron chi connectivity index (χ2n) is 8.56. The third-order valence-electron chi connectivity index (χ3n) is 6.34. The van der Waals surface area contributed by atoms with Gasteiger partial charge in [-0.05, 0) is 36.1 Å². The van der Waals surface area contributed by atoms with Gasteiger partial charge in [-0.1, -0.05) is 86.6 Å². The Labute approximate surface area is 200 Å². The number of aromatic nitrogens is 2. The third kappa shape index (κ3) is 4.51. The van der Waals surface area contributed by atoms with Gasteiger partial charge in [0.2, 0.25) is 5.91 Å². The van der Waals surface area contributed by atoms with E-state index in [0.29, 0.717) is 29.7 Å². The zero-order chi connectivity index (χ0) is 24.1. The molecule has 0 spiro atoms. The Bertz CT molecular complexity index is 1280. The van der Waals surface area contributed by atoms with Gasteiger partial charge >= 0.3 is 0 Å². The maximum Gasteiger partial charge on any atom is 0.261 e. The van der Waals surface area contributed by atoms with Crippen LogP contribution in [0.5, 0.6) is 0 Å². The van der Waals surface area contributed by atoms with Gasteiger partial charge in [0.25, 0.3) is 5.56 Å². The molecule has 0 bridgehead atoms. The maximum atomic E-state index is 14.3. The van der Waals surface area contributed by atoms with Crippen LogP contribution < -0.4 is 5.56 Å². The summed E-state index contributed by atoms with van der Waals surface area (Å²) in [4.78, 5) is 34.2. The number of amides is 1. The Balaban J connectivity index is 1.84. The quantitative estimate of drug-likeness (QED) is 0.356. The summed E-state index contributed by atoms with van der Waals surface area (Å²) in [5, 5.41) is 0.586. The lowest BCUT2D eigenvalue weighted by molar-refractivity contribution is -0.134. The monoisotopic (exact) mass is 453 g/mol. The summed E-state index contributed by atoms with van der Waals surface area (Å²) in [5.74, 6) is 0.210. The molecular weight excluding hydrogens is 422 g/mol. The van der Waals surface area contributed by atoms with Crippen molar-refractivity contribution in [1.82, 2.24) is 14.5 Å². The fourth-order valence-corrected chi connectivity index (χ4v) is 4.67. The molecule has 5 heteroatoms. The summed E-state index contributed by atoms with van der Waals surface area (Å²) in [6.45, 7) is 4.69. The Kier molecular flexibility index (Phi) is 7.21. The van der Waals surface area contributed by atoms with Crippen LogP contribution in [0.25, 0.3) is 10.9 Å². The van der Waals surface area contributed by atoms with E-state index in [-0.39, 0.29) is 17.5 Å². The van der Waals surface area contributed by atoms with Crippen molar-refractivity contribution >= 4 is 16.8 Å². The predicted octanol–water partition coefficient (Wildman–Crippen LogP) is 5.46. The van der Waals surface area contributed by atoms with Gasteiger partial charge in [0, 0.05) is 13.6 Å². The van der Waals surface area contributed by atoms with Crippen molar-refractivity contribution in [3.05, 3.63) is 112 Å². The van der Waals surface area contributed by atoms with Crippen molar-refractivity contribution < 1.29 is 4.79 Å². The molecule has 0 N–H and O–H groups in total. The van der Waals surface area contributed by atoms with Crippen LogP contribution in [0, 0.1) is 0 Å². The van der Waals surface area contributed by atoms with E-state index in [1.54, 1.807) is 17.7 Å². The maximum absolute atomic E-state index is 14.3. The highest BCUT2D eigenvalue weighted by Gasteiger charge is 2.33. The van der Waals surface area contributed by atoms with Crippen LogP contribution in [-0.4, -0.2) is 26.9 Å². The van der Waals surface area contributed by atoms with Crippen molar-refractivity contribution in [3.8, 4) is 0 Å². The molecule has 0 aliphatic heterocycles. The number of rotatable bonds is 8. The molecule has 4 aromatic rings. The molecule has 0 saturated heterocycles. The van der Waals surface area contributed by atoms with Crippen molar-refractivity contribution in [2.75, 3.05) is 6.54 Å². The fraction of sp³-hybridized carbons (Fsp3) is 0.276. The largest absolute Gasteiger partial charge is 0.332 e. The molecule has 1 aromatic heterocycles. The standard InChI is InChI=1S/C29H31N3O2/c1-4-20-32(25(5-2)27-30-24-19-13-12-18-23(24)28(33)31(27)3)29(34)26(21-14-8-6-9-15-21)22-16-10-7-11-17-22/h6-19,25-26H,4-5,20H2,1-3H3. The van der Waals surface area contributed by atoms with Crippen LogP contribution in [0.4, 0.5) is 0 Å². The number of nitrogens with zero attached hydrogens (tertiary/aromatic N) is 3. The highest BCUT2D eigenvalue weighted by atomic mass is 16.2. The van der Waals surface area contributed by atoms with Crippen molar-refractivity contribution in [2.24, 2.45) is 7.05 Å². The summed E-state index contributed by atoms with van der Waals surface area (Å²) in [7, 11) is 1.75. The van der Waals surface area contributed by atoms with Gasteiger partial charge in [0.15, 0.2) is 0 Å². The molecule has 5 nitrogen and oxygen atoms in total. The van der Waals surface area contributed by atoms with Crippen LogP contribution in [0.2, 0.25) is 0 Å². The van der Waals surface area contributed by atoms with Gasteiger partial charge < -0.3 is 4.90 Å². The predicted molar refractivity (Wildman–Crippen MR) is 137 cm³/mol. The number of hydrogen-bond acceptors (Lipinski definition) is 3. The number of para-hydroxylation sites is 1. The lowest BCUT2D eigenvalue weighted by atomic mass is 9.89. The van der Waals surface area contributed by atoms with Gasteiger partial charge in [-0.2, -0.15) is 0 Å². The number of hydrogen-bond donors (Lipinski definition) is 0. The zero-order valence-corrected chi connectivity index (χ0v) is 20.0. The summed E-state index contributed by atoms with van der Waals surface area (Å²) in [5.41, 5.74) is 2.47. The Morgan fingerprint density at radius 2 is 1.44 bits per heavy atom. The van der Waals surface area contributed by atoms with Crippen LogP contribution in [0.3, 0.4) is 0 Å². The van der Waals surface area contributed by atoms with Gasteiger partial charge in [-0.25, -0.2) is 4.98 Å². The van der Waals surface area contributed by atoms with Gasteiger partial charge in [0.1, 0.15) is 5.82 Å². The zero-order valence-electron chi connectivity index (χ0n) is 20.0. The minimum atomic E-state index is -0.430. The average molecular weight is 454 g/mol. The van der Waals surface area contributed by atoms with Crippen molar-refractivity contribution in [1.29, 1.82) is 0 Å². The minimum Gasteiger partial charge on any atom is -0.332 e. The lowest BCUT2D eigenvalue weighted by Crippen LogP contribution is -2.41. The molecule has 174 valence electrons. The topological polar surface area (TPSA) is 55.2 Å². The molecule has 3 aromatic carbocycles. The molecule has 0 saturated carbocycles. The molecule has 1 amide bonds. The van der Waals surface area contributed by atoms with Crippen LogP contribution >= 0.6 is 0 Å². The Hall–Kier alpha value is -3.73. The summed E-state index contributed by atoms with van der Waals surface area (Å²) in [6, 6.07) is 26.9. The van der Waals surface area contributed by atoms with Crippen LogP contribution in [0.15, 0.2) is 89.7 Å². The summed E-state index contributed by atoms with van der Waals surface area (Å²) < 4.78 is 1.60. The first-order chi connectivity index (χ1) is 16.6. The van der Waals surface area contributed by atoms with Crippen LogP contribution in [0.1, 0.15) is 55.6 Å². The molecular formula is C29H31N3O2. The first-order valence-electron chi connectivity index (χ1n) is 11.9. The number of carbonyl (C=O) groups is 1. The fourth-order valence-electron chi connectivity index (χ4n) is 4.67. The molecule has 34 heavy (non-hydrogen) atoms.